The molecule has 0 radical (unpaired) electrons. The Morgan fingerprint density at radius 3 is 2.29 bits per heavy atom. The smallest absolute Gasteiger partial charge is 0.137 e. The van der Waals surface area contributed by atoms with Crippen molar-refractivity contribution >= 4 is 21.8 Å². The molecule has 1 unspecified atom stereocenters. The monoisotopic (exact) mass is 636 g/mol. The third-order valence-corrected chi connectivity index (χ3v) is 10.2. The molecule has 1 aliphatic rings. The second kappa shape index (κ2) is 12.4. The maximum absolute atomic E-state index is 6.77. The highest BCUT2D eigenvalue weighted by atomic mass is 16.5. The minimum absolute atomic E-state index is 0.312. The van der Waals surface area contributed by atoms with Crippen molar-refractivity contribution in [2.75, 3.05) is 0 Å². The van der Waals surface area contributed by atoms with Gasteiger partial charge in [0, 0.05) is 40.6 Å². The lowest BCUT2D eigenvalue weighted by Crippen LogP contribution is -2.21. The van der Waals surface area contributed by atoms with Crippen molar-refractivity contribution in [2.24, 2.45) is 11.8 Å². The number of aromatic nitrogens is 4. The van der Waals surface area contributed by atoms with Crippen molar-refractivity contribution in [3.63, 3.8) is 0 Å². The van der Waals surface area contributed by atoms with Gasteiger partial charge in [-0.2, -0.15) is 5.10 Å². The Morgan fingerprint density at radius 1 is 0.792 bits per heavy atom. The number of hydrogen-bond donors (Lipinski definition) is 0. The van der Waals surface area contributed by atoms with Gasteiger partial charge in [-0.05, 0) is 104 Å². The predicted molar refractivity (Wildman–Crippen MR) is 199 cm³/mol. The molecule has 0 saturated heterocycles. The molecule has 3 heterocycles. The summed E-state index contributed by atoms with van der Waals surface area (Å²) in [5, 5.41) is 7.63. The fraction of sp³-hybridized carbons (Fsp3) is 0.349. The molecule has 0 bridgehead atoms. The van der Waals surface area contributed by atoms with E-state index >= 15 is 0 Å². The minimum Gasteiger partial charge on any atom is -0.457 e. The zero-order valence-electron chi connectivity index (χ0n) is 29.9. The number of aryl methyl sites for hydroxylation is 2. The largest absolute Gasteiger partial charge is 0.457 e. The van der Waals surface area contributed by atoms with E-state index in [1.54, 1.807) is 0 Å². The second-order valence-corrected chi connectivity index (χ2v) is 14.8. The third kappa shape index (κ3) is 5.63. The van der Waals surface area contributed by atoms with E-state index in [1.807, 2.05) is 12.3 Å². The highest BCUT2D eigenvalue weighted by molar-refractivity contribution is 6.09. The fourth-order valence-corrected chi connectivity index (χ4v) is 8.16. The predicted octanol–water partition coefficient (Wildman–Crippen LogP) is 11.7. The Hall–Kier alpha value is -4.64. The quantitative estimate of drug-likeness (QED) is 0.164. The van der Waals surface area contributed by atoms with Crippen molar-refractivity contribution in [1.82, 2.24) is 19.3 Å². The SMILES string of the molecule is CC1=C[C@H](C)C[C@H](C)C1c1c(C)nn(-c2cc(Oc3ccc4c5ccccc5n(-c5cc(C)ccn5)c4c3)cc(C(C)C)c2)c1C(C)C. The van der Waals surface area contributed by atoms with Gasteiger partial charge in [0.1, 0.15) is 17.3 Å². The third-order valence-electron chi connectivity index (χ3n) is 10.2. The van der Waals surface area contributed by atoms with Gasteiger partial charge in [0.05, 0.1) is 28.1 Å². The van der Waals surface area contributed by atoms with Gasteiger partial charge in [0.15, 0.2) is 0 Å². The van der Waals surface area contributed by atoms with Gasteiger partial charge in [-0.3, -0.25) is 4.57 Å². The van der Waals surface area contributed by atoms with Gasteiger partial charge in [-0.1, -0.05) is 71.4 Å². The lowest BCUT2D eigenvalue weighted by atomic mass is 9.71. The molecule has 3 aromatic carbocycles. The first kappa shape index (κ1) is 31.9. The van der Waals surface area contributed by atoms with Crippen LogP contribution in [0.2, 0.25) is 0 Å². The van der Waals surface area contributed by atoms with E-state index < -0.39 is 0 Å². The minimum atomic E-state index is 0.312. The summed E-state index contributed by atoms with van der Waals surface area (Å²) in [6.07, 6.45) is 5.56. The average Bonchev–Trinajstić information content (AvgIpc) is 3.55. The number of para-hydroxylation sites is 1. The van der Waals surface area contributed by atoms with Gasteiger partial charge in [-0.15, -0.1) is 0 Å². The molecular formula is C43H48N4O. The maximum Gasteiger partial charge on any atom is 0.137 e. The van der Waals surface area contributed by atoms with Crippen LogP contribution < -0.4 is 4.74 Å². The standard InChI is InChI=1S/C43H48N4O/c1-25(2)32-21-33(47-43(26(3)4)42(31(9)45-47)41-29(7)18-28(6)19-30(41)8)23-35(22-32)48-34-14-15-37-36-12-10-11-13-38(36)46(39(37)24-34)40-20-27(5)16-17-44-40/h10-18,20-26,28,30,41H,19H2,1-9H3/t28-,30-,41?/m0/s1. The highest BCUT2D eigenvalue weighted by Gasteiger charge is 2.33. The number of benzene rings is 3. The van der Waals surface area contributed by atoms with Crippen molar-refractivity contribution in [2.45, 2.75) is 86.5 Å². The number of nitrogens with zero attached hydrogens (tertiary/aromatic N) is 4. The molecule has 0 aliphatic heterocycles. The highest BCUT2D eigenvalue weighted by Crippen LogP contribution is 2.45. The summed E-state index contributed by atoms with van der Waals surface area (Å²) in [5.41, 5.74) is 10.9. The molecule has 48 heavy (non-hydrogen) atoms. The Bertz CT molecular complexity index is 2180. The summed E-state index contributed by atoms with van der Waals surface area (Å²) < 4.78 is 11.2. The van der Waals surface area contributed by atoms with Crippen LogP contribution in [-0.2, 0) is 0 Å². The molecule has 0 N–H and O–H groups in total. The number of fused-ring (bicyclic) bond motifs is 3. The molecular weight excluding hydrogens is 589 g/mol. The van der Waals surface area contributed by atoms with E-state index in [0.29, 0.717) is 29.6 Å². The summed E-state index contributed by atoms with van der Waals surface area (Å²) in [6, 6.07) is 25.7. The lowest BCUT2D eigenvalue weighted by molar-refractivity contribution is 0.389. The number of pyridine rings is 1. The molecule has 6 aromatic rings. The number of ether oxygens (including phenoxy) is 1. The summed E-state index contributed by atoms with van der Waals surface area (Å²) in [4.78, 5) is 4.76. The molecule has 0 amide bonds. The lowest BCUT2D eigenvalue weighted by Gasteiger charge is -2.33. The summed E-state index contributed by atoms with van der Waals surface area (Å²) in [5.74, 6) is 4.72. The molecule has 7 rings (SSSR count). The number of rotatable bonds is 7. The first-order valence-corrected chi connectivity index (χ1v) is 17.6. The molecule has 1 aliphatic carbocycles. The van der Waals surface area contributed by atoms with Crippen LogP contribution in [-0.4, -0.2) is 19.3 Å². The molecule has 246 valence electrons. The first-order valence-electron chi connectivity index (χ1n) is 17.6. The van der Waals surface area contributed by atoms with Crippen molar-refractivity contribution in [1.29, 1.82) is 0 Å². The zero-order valence-corrected chi connectivity index (χ0v) is 29.9. The summed E-state index contributed by atoms with van der Waals surface area (Å²) >= 11 is 0. The molecule has 0 saturated carbocycles. The van der Waals surface area contributed by atoms with Crippen molar-refractivity contribution in [3.8, 4) is 23.0 Å². The van der Waals surface area contributed by atoms with Crippen molar-refractivity contribution in [3.05, 3.63) is 119 Å². The van der Waals surface area contributed by atoms with E-state index in [9.17, 15) is 0 Å². The van der Waals surface area contributed by atoms with Gasteiger partial charge in [0.25, 0.3) is 0 Å². The first-order chi connectivity index (χ1) is 23.0. The maximum atomic E-state index is 6.77. The van der Waals surface area contributed by atoms with Crippen LogP contribution in [0.3, 0.4) is 0 Å². The van der Waals surface area contributed by atoms with Gasteiger partial charge >= 0.3 is 0 Å². The molecule has 5 nitrogen and oxygen atoms in total. The fourth-order valence-electron chi connectivity index (χ4n) is 8.16. The van der Waals surface area contributed by atoms with Crippen LogP contribution in [0.5, 0.6) is 11.5 Å². The molecule has 5 heteroatoms. The average molecular weight is 637 g/mol. The van der Waals surface area contributed by atoms with E-state index in [4.69, 9.17) is 14.8 Å². The second-order valence-electron chi connectivity index (χ2n) is 14.8. The van der Waals surface area contributed by atoms with E-state index in [1.165, 1.54) is 45.2 Å². The van der Waals surface area contributed by atoms with E-state index in [0.717, 1.165) is 39.7 Å². The van der Waals surface area contributed by atoms with Crippen LogP contribution in [0.15, 0.2) is 90.6 Å². The molecule has 3 atom stereocenters. The number of hydrogen-bond acceptors (Lipinski definition) is 3. The Morgan fingerprint density at radius 2 is 1.56 bits per heavy atom. The normalized spacial score (nSPS) is 18.3. The molecule has 3 aromatic heterocycles. The van der Waals surface area contributed by atoms with Crippen LogP contribution in [0.1, 0.15) is 101 Å². The van der Waals surface area contributed by atoms with Crippen LogP contribution in [0.25, 0.3) is 33.3 Å². The Labute approximate surface area is 285 Å². The Kier molecular flexibility index (Phi) is 8.27. The number of allylic oxidation sites excluding steroid dienone is 2. The van der Waals surface area contributed by atoms with E-state index in [2.05, 4.69) is 144 Å². The summed E-state index contributed by atoms with van der Waals surface area (Å²) in [6.45, 7) is 20.4. The van der Waals surface area contributed by atoms with Gasteiger partial charge in [0.2, 0.25) is 0 Å². The van der Waals surface area contributed by atoms with Gasteiger partial charge in [-0.25, -0.2) is 9.67 Å². The van der Waals surface area contributed by atoms with Crippen LogP contribution in [0.4, 0.5) is 0 Å². The topological polar surface area (TPSA) is 44.9 Å². The Balaban J connectivity index is 1.35. The summed E-state index contributed by atoms with van der Waals surface area (Å²) in [7, 11) is 0. The van der Waals surface area contributed by atoms with Gasteiger partial charge < -0.3 is 4.74 Å². The molecule has 0 fully saturated rings. The van der Waals surface area contributed by atoms with Crippen LogP contribution >= 0.6 is 0 Å². The molecule has 0 spiro atoms. The van der Waals surface area contributed by atoms with E-state index in [-0.39, 0.29) is 0 Å². The van der Waals surface area contributed by atoms with Crippen molar-refractivity contribution < 1.29 is 4.74 Å². The zero-order chi connectivity index (χ0) is 33.9. The van der Waals surface area contributed by atoms with Crippen LogP contribution in [0, 0.1) is 25.7 Å².